The molecule has 0 saturated heterocycles. The number of thiazole rings is 1. The van der Waals surface area contributed by atoms with Crippen LogP contribution in [0.4, 0.5) is 0 Å². The maximum atomic E-state index is 6.37. The van der Waals surface area contributed by atoms with Gasteiger partial charge in [-0.25, -0.2) is 4.98 Å². The highest BCUT2D eigenvalue weighted by molar-refractivity contribution is 7.11. The van der Waals surface area contributed by atoms with Crippen LogP contribution in [0.2, 0.25) is 0 Å². The number of rotatable bonds is 4. The van der Waals surface area contributed by atoms with Crippen molar-refractivity contribution in [1.82, 2.24) is 10.3 Å². The molecular formula is C15H25N3S. The van der Waals surface area contributed by atoms with Crippen LogP contribution >= 0.6 is 11.3 Å². The molecule has 1 aromatic heterocycles. The number of hydrogen-bond donors (Lipinski definition) is 2. The minimum atomic E-state index is 0.400. The Balaban J connectivity index is 1.59. The summed E-state index contributed by atoms with van der Waals surface area (Å²) in [6.07, 6.45) is 4.14. The van der Waals surface area contributed by atoms with Crippen LogP contribution in [-0.2, 0) is 0 Å². The maximum absolute atomic E-state index is 6.37. The molecule has 3 rings (SSSR count). The van der Waals surface area contributed by atoms with Crippen molar-refractivity contribution in [2.24, 2.45) is 23.5 Å². The quantitative estimate of drug-likeness (QED) is 0.891. The smallest absolute Gasteiger partial charge is 0.0900 e. The van der Waals surface area contributed by atoms with Gasteiger partial charge in [-0.05, 0) is 57.8 Å². The molecule has 0 amide bonds. The second-order valence-corrected chi connectivity index (χ2v) is 7.62. The van der Waals surface area contributed by atoms with Crippen molar-refractivity contribution in [2.45, 2.75) is 52.1 Å². The van der Waals surface area contributed by atoms with Crippen LogP contribution in [0, 0.1) is 31.6 Å². The molecule has 2 saturated carbocycles. The van der Waals surface area contributed by atoms with Crippen LogP contribution < -0.4 is 11.1 Å². The fraction of sp³-hybridized carbons (Fsp3) is 0.800. The van der Waals surface area contributed by atoms with Crippen LogP contribution in [0.1, 0.15) is 47.8 Å². The number of nitrogens with one attached hydrogen (secondary N) is 1. The number of hydrogen-bond acceptors (Lipinski definition) is 4. The molecule has 3 nitrogen and oxygen atoms in total. The number of fused-ring (bicyclic) bond motifs is 2. The second-order valence-electron chi connectivity index (χ2n) is 6.39. The molecule has 2 aliphatic rings. The molecule has 1 heterocycles. The van der Waals surface area contributed by atoms with Crippen LogP contribution in [0.25, 0.3) is 0 Å². The van der Waals surface area contributed by atoms with E-state index in [2.05, 4.69) is 31.1 Å². The fourth-order valence-electron chi connectivity index (χ4n) is 4.11. The van der Waals surface area contributed by atoms with Crippen molar-refractivity contribution < 1.29 is 0 Å². The second kappa shape index (κ2) is 5.15. The average Bonchev–Trinajstić information content (AvgIpc) is 3.02. The third-order valence-electron chi connectivity index (χ3n) is 5.15. The summed E-state index contributed by atoms with van der Waals surface area (Å²) in [7, 11) is 0. The molecule has 0 spiro atoms. The van der Waals surface area contributed by atoms with E-state index in [9.17, 15) is 0 Å². The maximum Gasteiger partial charge on any atom is 0.0900 e. The molecule has 0 aliphatic heterocycles. The zero-order valence-electron chi connectivity index (χ0n) is 12.1. The average molecular weight is 279 g/mol. The molecule has 1 aromatic rings. The first kappa shape index (κ1) is 13.5. The van der Waals surface area contributed by atoms with Gasteiger partial charge in [-0.2, -0.15) is 0 Å². The summed E-state index contributed by atoms with van der Waals surface area (Å²) in [4.78, 5) is 5.90. The predicted octanol–water partition coefficient (Wildman–Crippen LogP) is 2.78. The Morgan fingerprint density at radius 2 is 2.11 bits per heavy atom. The van der Waals surface area contributed by atoms with Crippen LogP contribution in [0.5, 0.6) is 0 Å². The third kappa shape index (κ3) is 2.46. The Bertz CT molecular complexity index is 454. The van der Waals surface area contributed by atoms with E-state index in [-0.39, 0.29) is 0 Å². The van der Waals surface area contributed by atoms with Crippen molar-refractivity contribution in [3.8, 4) is 0 Å². The number of aryl methyl sites for hydroxylation is 2. The van der Waals surface area contributed by atoms with Crippen molar-refractivity contribution in [3.05, 3.63) is 15.6 Å². The Morgan fingerprint density at radius 3 is 2.68 bits per heavy atom. The molecule has 4 heteroatoms. The monoisotopic (exact) mass is 279 g/mol. The topological polar surface area (TPSA) is 50.9 Å². The van der Waals surface area contributed by atoms with E-state index in [1.54, 1.807) is 0 Å². The molecule has 0 aromatic carbocycles. The van der Waals surface area contributed by atoms with Crippen LogP contribution in [0.3, 0.4) is 0 Å². The summed E-state index contributed by atoms with van der Waals surface area (Å²) in [5.74, 6) is 2.37. The largest absolute Gasteiger partial charge is 0.327 e. The molecule has 106 valence electrons. The number of nitrogens with zero attached hydrogens (tertiary/aromatic N) is 1. The minimum Gasteiger partial charge on any atom is -0.327 e. The van der Waals surface area contributed by atoms with Gasteiger partial charge < -0.3 is 11.1 Å². The van der Waals surface area contributed by atoms with Crippen molar-refractivity contribution in [1.29, 1.82) is 0 Å². The van der Waals surface area contributed by atoms with Crippen LogP contribution in [0.15, 0.2) is 0 Å². The van der Waals surface area contributed by atoms with E-state index < -0.39 is 0 Å². The lowest BCUT2D eigenvalue weighted by atomic mass is 9.85. The van der Waals surface area contributed by atoms with E-state index in [4.69, 9.17) is 5.73 Å². The van der Waals surface area contributed by atoms with Gasteiger partial charge in [-0.3, -0.25) is 0 Å². The lowest BCUT2D eigenvalue weighted by Gasteiger charge is -2.29. The fourth-order valence-corrected chi connectivity index (χ4v) is 5.07. The van der Waals surface area contributed by atoms with E-state index in [1.165, 1.54) is 29.8 Å². The van der Waals surface area contributed by atoms with Gasteiger partial charge in [0.1, 0.15) is 0 Å². The van der Waals surface area contributed by atoms with E-state index in [0.29, 0.717) is 18.0 Å². The van der Waals surface area contributed by atoms with Gasteiger partial charge >= 0.3 is 0 Å². The molecule has 0 radical (unpaired) electrons. The first-order valence-electron chi connectivity index (χ1n) is 7.49. The standard InChI is InChI=1S/C15H25N3S/c1-8(15-9(2)18-10(3)19-15)17-7-13-11-4-5-12(6-11)14(13)16/h8,11-14,17H,4-7,16H2,1-3H3. The lowest BCUT2D eigenvalue weighted by molar-refractivity contribution is 0.272. The van der Waals surface area contributed by atoms with Gasteiger partial charge in [-0.15, -0.1) is 11.3 Å². The SMILES string of the molecule is Cc1nc(C)c(C(C)NCC2C3CCC(C3)C2N)s1. The molecule has 2 aliphatic carbocycles. The van der Waals surface area contributed by atoms with Crippen LogP contribution in [-0.4, -0.2) is 17.6 Å². The minimum absolute atomic E-state index is 0.400. The molecular weight excluding hydrogens is 254 g/mol. The van der Waals surface area contributed by atoms with Gasteiger partial charge in [0, 0.05) is 23.5 Å². The van der Waals surface area contributed by atoms with E-state index >= 15 is 0 Å². The van der Waals surface area contributed by atoms with E-state index in [1.807, 2.05) is 11.3 Å². The predicted molar refractivity (Wildman–Crippen MR) is 80.3 cm³/mol. The molecule has 5 atom stereocenters. The number of nitrogens with two attached hydrogens (primary N) is 1. The van der Waals surface area contributed by atoms with Crippen molar-refractivity contribution >= 4 is 11.3 Å². The number of aromatic nitrogens is 1. The van der Waals surface area contributed by atoms with Gasteiger partial charge in [0.05, 0.1) is 10.7 Å². The normalized spacial score (nSPS) is 34.9. The summed E-state index contributed by atoms with van der Waals surface area (Å²) in [6.45, 7) is 7.51. The zero-order valence-corrected chi connectivity index (χ0v) is 13.0. The Kier molecular flexibility index (Phi) is 3.67. The third-order valence-corrected chi connectivity index (χ3v) is 6.41. The summed E-state index contributed by atoms with van der Waals surface area (Å²) in [5, 5.41) is 4.87. The molecule has 3 N–H and O–H groups in total. The summed E-state index contributed by atoms with van der Waals surface area (Å²) < 4.78 is 0. The first-order valence-corrected chi connectivity index (χ1v) is 8.30. The van der Waals surface area contributed by atoms with Gasteiger partial charge in [0.25, 0.3) is 0 Å². The van der Waals surface area contributed by atoms with Crippen molar-refractivity contribution in [3.63, 3.8) is 0 Å². The van der Waals surface area contributed by atoms with Gasteiger partial charge in [0.15, 0.2) is 0 Å². The van der Waals surface area contributed by atoms with Crippen molar-refractivity contribution in [2.75, 3.05) is 6.54 Å². The summed E-state index contributed by atoms with van der Waals surface area (Å²) in [6, 6.07) is 0.834. The van der Waals surface area contributed by atoms with E-state index in [0.717, 1.165) is 23.4 Å². The molecule has 2 fully saturated rings. The van der Waals surface area contributed by atoms with Gasteiger partial charge in [-0.1, -0.05) is 0 Å². The highest BCUT2D eigenvalue weighted by Gasteiger charge is 2.45. The highest BCUT2D eigenvalue weighted by Crippen LogP contribution is 2.47. The first-order chi connectivity index (χ1) is 9.06. The summed E-state index contributed by atoms with van der Waals surface area (Å²) >= 11 is 1.82. The molecule has 2 bridgehead atoms. The Hall–Kier alpha value is -0.450. The Morgan fingerprint density at radius 1 is 1.37 bits per heavy atom. The summed E-state index contributed by atoms with van der Waals surface area (Å²) in [5.41, 5.74) is 7.55. The highest BCUT2D eigenvalue weighted by atomic mass is 32.1. The molecule has 5 unspecified atom stereocenters. The lowest BCUT2D eigenvalue weighted by Crippen LogP contribution is -2.41. The zero-order chi connectivity index (χ0) is 13.6. The van der Waals surface area contributed by atoms with Gasteiger partial charge in [0.2, 0.25) is 0 Å². The molecule has 19 heavy (non-hydrogen) atoms. The Labute approximate surface area is 120 Å².